The first-order chi connectivity index (χ1) is 12.3. The molecule has 0 aliphatic rings. The molecule has 1 heterocycles. The summed E-state index contributed by atoms with van der Waals surface area (Å²) in [4.78, 5) is 16.1. The Bertz CT molecular complexity index is 849. The third kappa shape index (κ3) is 5.63. The third-order valence-corrected chi connectivity index (χ3v) is 5.22. The Morgan fingerprint density at radius 2 is 2.00 bits per heavy atom. The number of urea groups is 1. The number of hydrogen-bond acceptors (Lipinski definition) is 5. The third-order valence-electron chi connectivity index (χ3n) is 3.62. The van der Waals surface area contributed by atoms with Crippen molar-refractivity contribution in [2.24, 2.45) is 0 Å². The number of rotatable bonds is 8. The number of anilines is 1. The topological polar surface area (TPSA) is 119 Å². The van der Waals surface area contributed by atoms with Crippen LogP contribution in [0.25, 0.3) is 0 Å². The molecule has 2 amide bonds. The van der Waals surface area contributed by atoms with Gasteiger partial charge in [-0.25, -0.2) is 22.9 Å². The summed E-state index contributed by atoms with van der Waals surface area (Å²) in [6.45, 7) is 2.76. The molecule has 2 rings (SSSR count). The second-order valence-corrected chi connectivity index (χ2v) is 7.81. The van der Waals surface area contributed by atoms with Crippen molar-refractivity contribution in [3.8, 4) is 0 Å². The molecule has 4 N–H and O–H groups in total. The molecule has 0 radical (unpaired) electrons. The van der Waals surface area contributed by atoms with Crippen LogP contribution >= 0.6 is 11.6 Å². The summed E-state index contributed by atoms with van der Waals surface area (Å²) >= 11 is 5.73. The van der Waals surface area contributed by atoms with Gasteiger partial charge in [0, 0.05) is 30.7 Å². The zero-order chi connectivity index (χ0) is 19.2. The number of nitrogens with one attached hydrogen (secondary N) is 2. The highest BCUT2D eigenvalue weighted by atomic mass is 35.5. The summed E-state index contributed by atoms with van der Waals surface area (Å²) in [6, 6.07) is 4.73. The van der Waals surface area contributed by atoms with Gasteiger partial charge < -0.3 is 15.6 Å². The van der Waals surface area contributed by atoms with Gasteiger partial charge in [0.25, 0.3) is 10.0 Å². The molecule has 0 atom stereocenters. The SMILES string of the molecule is CCCCc1nc(N)cn1CCNC(=O)NS(=O)(=O)c1ccc(Cl)cc1. The Morgan fingerprint density at radius 3 is 2.65 bits per heavy atom. The summed E-state index contributed by atoms with van der Waals surface area (Å²) in [5.74, 6) is 1.27. The maximum Gasteiger partial charge on any atom is 0.328 e. The van der Waals surface area contributed by atoms with Crippen LogP contribution in [-0.4, -0.2) is 30.5 Å². The van der Waals surface area contributed by atoms with Crippen molar-refractivity contribution in [3.63, 3.8) is 0 Å². The summed E-state index contributed by atoms with van der Waals surface area (Å²) in [6.07, 6.45) is 4.53. The molecular weight excluding hydrogens is 378 g/mol. The van der Waals surface area contributed by atoms with Gasteiger partial charge in [0.05, 0.1) is 4.90 Å². The molecule has 142 valence electrons. The van der Waals surface area contributed by atoms with Crippen LogP contribution in [0.4, 0.5) is 10.6 Å². The van der Waals surface area contributed by atoms with Gasteiger partial charge in [0.2, 0.25) is 0 Å². The standard InChI is InChI=1S/C16H22ClN5O3S/c1-2-3-4-15-20-14(18)11-22(15)10-9-19-16(23)21-26(24,25)13-7-5-12(17)6-8-13/h5-8,11H,2-4,9-10,18H2,1H3,(H2,19,21,23). The number of halogens is 1. The van der Waals surface area contributed by atoms with Gasteiger partial charge in [-0.15, -0.1) is 0 Å². The van der Waals surface area contributed by atoms with E-state index in [-0.39, 0.29) is 11.4 Å². The van der Waals surface area contributed by atoms with Crippen LogP contribution in [0, 0.1) is 0 Å². The second kappa shape index (κ2) is 8.91. The van der Waals surface area contributed by atoms with E-state index in [9.17, 15) is 13.2 Å². The van der Waals surface area contributed by atoms with Crippen molar-refractivity contribution in [1.29, 1.82) is 0 Å². The van der Waals surface area contributed by atoms with E-state index in [1.165, 1.54) is 24.3 Å². The molecule has 0 fully saturated rings. The normalized spacial score (nSPS) is 11.3. The molecule has 10 heteroatoms. The second-order valence-electron chi connectivity index (χ2n) is 5.69. The number of carbonyl (C=O) groups is 1. The molecule has 0 aliphatic carbocycles. The number of nitrogen functional groups attached to an aromatic ring is 1. The lowest BCUT2D eigenvalue weighted by Crippen LogP contribution is -2.40. The highest BCUT2D eigenvalue weighted by molar-refractivity contribution is 7.90. The Labute approximate surface area is 157 Å². The highest BCUT2D eigenvalue weighted by Gasteiger charge is 2.17. The Balaban J connectivity index is 1.88. The van der Waals surface area contributed by atoms with Crippen molar-refractivity contribution in [1.82, 2.24) is 19.6 Å². The van der Waals surface area contributed by atoms with Gasteiger partial charge in [0.15, 0.2) is 0 Å². The van der Waals surface area contributed by atoms with Crippen LogP contribution in [-0.2, 0) is 23.0 Å². The number of benzene rings is 1. The molecule has 26 heavy (non-hydrogen) atoms. The number of sulfonamides is 1. The monoisotopic (exact) mass is 399 g/mol. The molecule has 1 aromatic carbocycles. The minimum Gasteiger partial charge on any atom is -0.382 e. The Morgan fingerprint density at radius 1 is 1.31 bits per heavy atom. The molecule has 0 saturated heterocycles. The predicted octanol–water partition coefficient (Wildman–Crippen LogP) is 2.15. The Kier molecular flexibility index (Phi) is 6.87. The average molecular weight is 400 g/mol. The molecule has 0 bridgehead atoms. The van der Waals surface area contributed by atoms with Gasteiger partial charge in [-0.3, -0.25) is 0 Å². The molecule has 1 aromatic heterocycles. The zero-order valence-corrected chi connectivity index (χ0v) is 16.0. The zero-order valence-electron chi connectivity index (χ0n) is 14.4. The maximum absolute atomic E-state index is 12.1. The van der Waals surface area contributed by atoms with Gasteiger partial charge in [-0.05, 0) is 30.7 Å². The van der Waals surface area contributed by atoms with Crippen molar-refractivity contribution in [3.05, 3.63) is 41.3 Å². The summed E-state index contributed by atoms with van der Waals surface area (Å²) < 4.78 is 28.1. The minimum atomic E-state index is -3.95. The smallest absolute Gasteiger partial charge is 0.328 e. The highest BCUT2D eigenvalue weighted by Crippen LogP contribution is 2.13. The summed E-state index contributed by atoms with van der Waals surface area (Å²) in [7, 11) is -3.95. The van der Waals surface area contributed by atoms with Gasteiger partial charge in [-0.2, -0.15) is 0 Å². The fourth-order valence-corrected chi connectivity index (χ4v) is 3.38. The maximum atomic E-state index is 12.1. The first-order valence-corrected chi connectivity index (χ1v) is 10.1. The molecule has 0 saturated carbocycles. The van der Waals surface area contributed by atoms with E-state index >= 15 is 0 Å². The van der Waals surface area contributed by atoms with Crippen molar-refractivity contribution < 1.29 is 13.2 Å². The fourth-order valence-electron chi connectivity index (χ4n) is 2.32. The molecular formula is C16H22ClN5O3S. The van der Waals surface area contributed by atoms with E-state index in [1.807, 2.05) is 9.29 Å². The van der Waals surface area contributed by atoms with E-state index in [0.717, 1.165) is 25.1 Å². The lowest BCUT2D eigenvalue weighted by atomic mass is 10.2. The van der Waals surface area contributed by atoms with Crippen LogP contribution in [0.5, 0.6) is 0 Å². The number of nitrogens with zero attached hydrogens (tertiary/aromatic N) is 2. The first kappa shape index (κ1) is 20.1. The Hall–Kier alpha value is -2.26. The van der Waals surface area contributed by atoms with Crippen molar-refractivity contribution in [2.45, 2.75) is 37.6 Å². The molecule has 0 unspecified atom stereocenters. The number of nitrogens with two attached hydrogens (primary N) is 1. The number of aryl methyl sites for hydroxylation is 1. The van der Waals surface area contributed by atoms with Gasteiger partial charge in [0.1, 0.15) is 11.6 Å². The minimum absolute atomic E-state index is 0.0405. The number of carbonyl (C=O) groups excluding carboxylic acids is 1. The van der Waals surface area contributed by atoms with Crippen LogP contribution in [0.1, 0.15) is 25.6 Å². The predicted molar refractivity (Wildman–Crippen MR) is 100 cm³/mol. The molecule has 0 aliphatic heterocycles. The van der Waals surface area contributed by atoms with Crippen molar-refractivity contribution in [2.75, 3.05) is 12.3 Å². The number of hydrogen-bond donors (Lipinski definition) is 3. The van der Waals surface area contributed by atoms with Gasteiger partial charge >= 0.3 is 6.03 Å². The quantitative estimate of drug-likeness (QED) is 0.628. The summed E-state index contributed by atoms with van der Waals surface area (Å²) in [5, 5.41) is 2.93. The lowest BCUT2D eigenvalue weighted by molar-refractivity contribution is 0.245. The van der Waals surface area contributed by atoms with E-state index in [4.69, 9.17) is 17.3 Å². The number of aromatic nitrogens is 2. The largest absolute Gasteiger partial charge is 0.382 e. The van der Waals surface area contributed by atoms with Crippen LogP contribution in [0.15, 0.2) is 35.4 Å². The molecule has 2 aromatic rings. The van der Waals surface area contributed by atoms with E-state index in [0.29, 0.717) is 17.4 Å². The van der Waals surface area contributed by atoms with E-state index in [2.05, 4.69) is 17.2 Å². The number of imidazole rings is 1. The van der Waals surface area contributed by atoms with E-state index < -0.39 is 16.1 Å². The lowest BCUT2D eigenvalue weighted by Gasteiger charge is -2.10. The first-order valence-electron chi connectivity index (χ1n) is 8.19. The molecule has 8 nitrogen and oxygen atoms in total. The van der Waals surface area contributed by atoms with Gasteiger partial charge in [-0.1, -0.05) is 24.9 Å². The van der Waals surface area contributed by atoms with E-state index in [1.54, 1.807) is 6.20 Å². The van der Waals surface area contributed by atoms with Crippen molar-refractivity contribution >= 4 is 33.5 Å². The van der Waals surface area contributed by atoms with Crippen LogP contribution in [0.2, 0.25) is 5.02 Å². The average Bonchev–Trinajstić information content (AvgIpc) is 2.92. The summed E-state index contributed by atoms with van der Waals surface area (Å²) in [5.41, 5.74) is 5.72. The fraction of sp³-hybridized carbons (Fsp3) is 0.375. The van der Waals surface area contributed by atoms with Crippen LogP contribution < -0.4 is 15.8 Å². The number of unbranched alkanes of at least 4 members (excludes halogenated alkanes) is 1. The molecule has 0 spiro atoms. The number of amides is 2. The van der Waals surface area contributed by atoms with Crippen LogP contribution in [0.3, 0.4) is 0 Å².